The molecule has 2 rings (SSSR count). The summed E-state index contributed by atoms with van der Waals surface area (Å²) in [5, 5.41) is 4.09. The predicted molar refractivity (Wildman–Crippen MR) is 80.6 cm³/mol. The van der Waals surface area contributed by atoms with Gasteiger partial charge in [-0.3, -0.25) is 0 Å². The fourth-order valence-corrected chi connectivity index (χ4v) is 2.52. The van der Waals surface area contributed by atoms with Crippen molar-refractivity contribution in [3.63, 3.8) is 0 Å². The first-order valence-corrected chi connectivity index (χ1v) is 7.05. The summed E-state index contributed by atoms with van der Waals surface area (Å²) < 4.78 is 2.10. The zero-order chi connectivity index (χ0) is 12.3. The molecule has 0 saturated carbocycles. The number of hydrogen-bond donors (Lipinski definition) is 1. The second-order valence-electron chi connectivity index (χ2n) is 3.60. The third kappa shape index (κ3) is 3.73. The van der Waals surface area contributed by atoms with Gasteiger partial charge in [0.1, 0.15) is 0 Å². The molecule has 0 atom stereocenters. The van der Waals surface area contributed by atoms with Gasteiger partial charge < -0.3 is 5.32 Å². The third-order valence-electron chi connectivity index (χ3n) is 2.34. The number of halogens is 3. The van der Waals surface area contributed by atoms with Crippen LogP contribution >= 0.6 is 43.5 Å². The fraction of sp³-hybridized carbons (Fsp3) is 0.0769. The van der Waals surface area contributed by atoms with E-state index in [1.807, 2.05) is 42.5 Å². The van der Waals surface area contributed by atoms with Crippen molar-refractivity contribution in [1.29, 1.82) is 0 Å². The summed E-state index contributed by atoms with van der Waals surface area (Å²) in [5.74, 6) is 0. The molecular formula is C13H10Br2ClN. The lowest BCUT2D eigenvalue weighted by Crippen LogP contribution is -1.99. The highest BCUT2D eigenvalue weighted by molar-refractivity contribution is 9.10. The molecule has 0 amide bonds. The van der Waals surface area contributed by atoms with Gasteiger partial charge >= 0.3 is 0 Å². The van der Waals surface area contributed by atoms with Gasteiger partial charge in [-0.25, -0.2) is 0 Å². The Morgan fingerprint density at radius 1 is 1.00 bits per heavy atom. The molecule has 0 fully saturated rings. The van der Waals surface area contributed by atoms with Crippen molar-refractivity contribution >= 4 is 49.1 Å². The van der Waals surface area contributed by atoms with E-state index in [2.05, 4.69) is 37.2 Å². The summed E-state index contributed by atoms with van der Waals surface area (Å²) in [5.41, 5.74) is 2.27. The minimum atomic E-state index is 0.740. The van der Waals surface area contributed by atoms with Crippen molar-refractivity contribution in [2.24, 2.45) is 0 Å². The van der Waals surface area contributed by atoms with Gasteiger partial charge in [0.2, 0.25) is 0 Å². The molecule has 0 heterocycles. The van der Waals surface area contributed by atoms with Crippen molar-refractivity contribution in [2.75, 3.05) is 5.32 Å². The molecule has 2 aromatic carbocycles. The molecule has 0 aliphatic carbocycles. The molecule has 0 aliphatic heterocycles. The van der Waals surface area contributed by atoms with Crippen molar-refractivity contribution in [1.82, 2.24) is 0 Å². The average Bonchev–Trinajstić information content (AvgIpc) is 2.30. The summed E-state index contributed by atoms with van der Waals surface area (Å²) in [6.07, 6.45) is 0. The summed E-state index contributed by atoms with van der Waals surface area (Å²) in [6, 6.07) is 13.9. The van der Waals surface area contributed by atoms with Gasteiger partial charge in [-0.1, -0.05) is 49.5 Å². The molecule has 0 saturated heterocycles. The zero-order valence-corrected chi connectivity index (χ0v) is 12.8. The first kappa shape index (κ1) is 12.9. The van der Waals surface area contributed by atoms with Crippen LogP contribution in [-0.4, -0.2) is 0 Å². The van der Waals surface area contributed by atoms with E-state index in [0.717, 1.165) is 26.2 Å². The highest BCUT2D eigenvalue weighted by atomic mass is 79.9. The second kappa shape index (κ2) is 5.89. The largest absolute Gasteiger partial charge is 0.381 e. The van der Waals surface area contributed by atoms with E-state index in [-0.39, 0.29) is 0 Å². The van der Waals surface area contributed by atoms with Gasteiger partial charge in [0.15, 0.2) is 0 Å². The Balaban J connectivity index is 2.04. The van der Waals surface area contributed by atoms with Crippen LogP contribution < -0.4 is 5.32 Å². The molecule has 88 valence electrons. The van der Waals surface area contributed by atoms with Crippen LogP contribution in [0.1, 0.15) is 5.56 Å². The van der Waals surface area contributed by atoms with Gasteiger partial charge in [0, 0.05) is 26.2 Å². The van der Waals surface area contributed by atoms with Gasteiger partial charge in [-0.15, -0.1) is 0 Å². The maximum atomic E-state index is 5.90. The predicted octanol–water partition coefficient (Wildman–Crippen LogP) is 5.48. The molecule has 0 unspecified atom stereocenters. The molecule has 0 spiro atoms. The standard InChI is InChI=1S/C13H10Br2ClN/c14-10-2-5-12(6-3-10)17-8-9-1-4-11(16)7-13(9)15/h1-7,17H,8H2. The zero-order valence-electron chi connectivity index (χ0n) is 8.88. The molecule has 1 nitrogen and oxygen atoms in total. The first-order chi connectivity index (χ1) is 8.15. The topological polar surface area (TPSA) is 12.0 Å². The van der Waals surface area contributed by atoms with Crippen molar-refractivity contribution in [2.45, 2.75) is 6.54 Å². The maximum absolute atomic E-state index is 5.90. The van der Waals surface area contributed by atoms with Gasteiger partial charge in [-0.05, 0) is 42.0 Å². The number of anilines is 1. The van der Waals surface area contributed by atoms with Gasteiger partial charge in [0.25, 0.3) is 0 Å². The lowest BCUT2D eigenvalue weighted by molar-refractivity contribution is 1.14. The Morgan fingerprint density at radius 2 is 1.71 bits per heavy atom. The Hall–Kier alpha value is -0.510. The SMILES string of the molecule is Clc1ccc(CNc2ccc(Br)cc2)c(Br)c1. The molecule has 1 N–H and O–H groups in total. The summed E-state index contributed by atoms with van der Waals surface area (Å²) in [7, 11) is 0. The Bertz CT molecular complexity index is 511. The second-order valence-corrected chi connectivity index (χ2v) is 5.80. The lowest BCUT2D eigenvalue weighted by Gasteiger charge is -2.08. The normalized spacial score (nSPS) is 10.3. The monoisotopic (exact) mass is 373 g/mol. The van der Waals surface area contributed by atoms with E-state index in [9.17, 15) is 0 Å². The Morgan fingerprint density at radius 3 is 2.35 bits per heavy atom. The van der Waals surface area contributed by atoms with Crippen molar-refractivity contribution in [3.05, 3.63) is 62.0 Å². The molecule has 0 aliphatic rings. The van der Waals surface area contributed by atoms with E-state index in [4.69, 9.17) is 11.6 Å². The first-order valence-electron chi connectivity index (χ1n) is 5.08. The van der Waals surface area contributed by atoms with E-state index in [1.165, 1.54) is 5.56 Å². The summed E-state index contributed by atoms with van der Waals surface area (Å²) in [6.45, 7) is 0.763. The quantitative estimate of drug-likeness (QED) is 0.749. The van der Waals surface area contributed by atoms with Crippen LogP contribution in [0.2, 0.25) is 5.02 Å². The minimum absolute atomic E-state index is 0.740. The van der Waals surface area contributed by atoms with Gasteiger partial charge in [-0.2, -0.15) is 0 Å². The maximum Gasteiger partial charge on any atom is 0.0417 e. The number of nitrogens with one attached hydrogen (secondary N) is 1. The van der Waals surface area contributed by atoms with Crippen molar-refractivity contribution in [3.8, 4) is 0 Å². The molecule has 2 aromatic rings. The van der Waals surface area contributed by atoms with Crippen LogP contribution in [0.3, 0.4) is 0 Å². The molecule has 0 aromatic heterocycles. The summed E-state index contributed by atoms with van der Waals surface area (Å²) in [4.78, 5) is 0. The van der Waals surface area contributed by atoms with E-state index >= 15 is 0 Å². The molecule has 4 heteroatoms. The molecule has 17 heavy (non-hydrogen) atoms. The molecular weight excluding hydrogens is 365 g/mol. The average molecular weight is 375 g/mol. The Labute approximate surface area is 122 Å². The van der Waals surface area contributed by atoms with Crippen LogP contribution in [0.25, 0.3) is 0 Å². The van der Waals surface area contributed by atoms with Crippen LogP contribution in [0, 0.1) is 0 Å². The van der Waals surface area contributed by atoms with Crippen LogP contribution in [0.15, 0.2) is 51.4 Å². The van der Waals surface area contributed by atoms with E-state index in [1.54, 1.807) is 0 Å². The fourth-order valence-electron chi connectivity index (χ4n) is 1.43. The van der Waals surface area contributed by atoms with Crippen LogP contribution in [0.4, 0.5) is 5.69 Å². The number of rotatable bonds is 3. The third-order valence-corrected chi connectivity index (χ3v) is 3.84. The van der Waals surface area contributed by atoms with Crippen molar-refractivity contribution < 1.29 is 0 Å². The van der Waals surface area contributed by atoms with Crippen LogP contribution in [0.5, 0.6) is 0 Å². The Kier molecular flexibility index (Phi) is 4.48. The van der Waals surface area contributed by atoms with Gasteiger partial charge in [0.05, 0.1) is 0 Å². The van der Waals surface area contributed by atoms with Crippen LogP contribution in [-0.2, 0) is 6.54 Å². The lowest BCUT2D eigenvalue weighted by atomic mass is 10.2. The molecule has 0 bridgehead atoms. The van der Waals surface area contributed by atoms with E-state index < -0.39 is 0 Å². The number of benzene rings is 2. The summed E-state index contributed by atoms with van der Waals surface area (Å²) >= 11 is 12.8. The smallest absolute Gasteiger partial charge is 0.0417 e. The highest BCUT2D eigenvalue weighted by Crippen LogP contribution is 2.22. The highest BCUT2D eigenvalue weighted by Gasteiger charge is 2.00. The minimum Gasteiger partial charge on any atom is -0.381 e. The molecule has 0 radical (unpaired) electrons. The van der Waals surface area contributed by atoms with E-state index in [0.29, 0.717) is 0 Å². The number of hydrogen-bond acceptors (Lipinski definition) is 1.